The van der Waals surface area contributed by atoms with Crippen LogP contribution >= 0.6 is 34.3 Å². The van der Waals surface area contributed by atoms with Gasteiger partial charge in [-0.25, -0.2) is 4.98 Å². The van der Waals surface area contributed by atoms with Crippen LogP contribution in [-0.2, 0) is 13.1 Å². The van der Waals surface area contributed by atoms with E-state index in [0.717, 1.165) is 33.8 Å². The highest BCUT2D eigenvalue weighted by atomic mass is 35.5. The predicted molar refractivity (Wildman–Crippen MR) is 89.1 cm³/mol. The molecule has 3 nitrogen and oxygen atoms in total. The Morgan fingerprint density at radius 3 is 2.81 bits per heavy atom. The molecule has 0 atom stereocenters. The molecule has 0 aliphatic carbocycles. The zero-order valence-electron chi connectivity index (χ0n) is 11.8. The standard InChI is InChI=1S/C15H15ClN2OS2/c1-10-12(17-15(19-10)13-4-3-7-20-13)9-18(2)8-11-5-6-14(16)21-11/h3-7H,8-9H2,1-2H3. The lowest BCUT2D eigenvalue weighted by Crippen LogP contribution is -2.17. The lowest BCUT2D eigenvalue weighted by molar-refractivity contribution is 0.316. The molecular weight excluding hydrogens is 324 g/mol. The molecular formula is C15H15ClN2OS2. The molecule has 0 saturated heterocycles. The molecule has 0 spiro atoms. The third kappa shape index (κ3) is 3.55. The predicted octanol–water partition coefficient (Wildman–Crippen LogP) is 5.06. The molecule has 3 aromatic heterocycles. The fraction of sp³-hybridized carbons (Fsp3) is 0.267. The number of rotatable bonds is 5. The Kier molecular flexibility index (Phi) is 4.45. The van der Waals surface area contributed by atoms with Crippen molar-refractivity contribution >= 4 is 34.3 Å². The highest BCUT2D eigenvalue weighted by molar-refractivity contribution is 7.16. The van der Waals surface area contributed by atoms with E-state index in [0.29, 0.717) is 5.89 Å². The number of nitrogens with zero attached hydrogens (tertiary/aromatic N) is 2. The molecule has 21 heavy (non-hydrogen) atoms. The summed E-state index contributed by atoms with van der Waals surface area (Å²) in [6.45, 7) is 3.59. The number of thiophene rings is 2. The van der Waals surface area contributed by atoms with Gasteiger partial charge in [0.15, 0.2) is 0 Å². The minimum atomic E-state index is 0.713. The Bertz CT molecular complexity index is 718. The third-order valence-corrected chi connectivity index (χ3v) is 5.17. The number of halogens is 1. The van der Waals surface area contributed by atoms with Crippen LogP contribution < -0.4 is 0 Å². The van der Waals surface area contributed by atoms with Gasteiger partial charge in [-0.05, 0) is 37.6 Å². The van der Waals surface area contributed by atoms with Crippen molar-refractivity contribution in [1.82, 2.24) is 9.88 Å². The van der Waals surface area contributed by atoms with Crippen molar-refractivity contribution in [1.29, 1.82) is 0 Å². The van der Waals surface area contributed by atoms with Gasteiger partial charge in [-0.1, -0.05) is 17.7 Å². The Morgan fingerprint density at radius 1 is 1.29 bits per heavy atom. The number of aryl methyl sites for hydroxylation is 1. The molecule has 0 aliphatic heterocycles. The van der Waals surface area contributed by atoms with Crippen LogP contribution in [0.1, 0.15) is 16.3 Å². The molecule has 0 bridgehead atoms. The van der Waals surface area contributed by atoms with Gasteiger partial charge in [-0.2, -0.15) is 0 Å². The zero-order chi connectivity index (χ0) is 14.8. The zero-order valence-corrected chi connectivity index (χ0v) is 14.2. The summed E-state index contributed by atoms with van der Waals surface area (Å²) in [5, 5.41) is 2.03. The van der Waals surface area contributed by atoms with Crippen molar-refractivity contribution in [2.24, 2.45) is 0 Å². The molecule has 0 aliphatic rings. The van der Waals surface area contributed by atoms with E-state index in [9.17, 15) is 0 Å². The molecule has 3 aromatic rings. The van der Waals surface area contributed by atoms with E-state index in [1.165, 1.54) is 4.88 Å². The van der Waals surface area contributed by atoms with Crippen LogP contribution in [0.25, 0.3) is 10.8 Å². The maximum Gasteiger partial charge on any atom is 0.236 e. The number of oxazole rings is 1. The summed E-state index contributed by atoms with van der Waals surface area (Å²) in [4.78, 5) is 9.15. The van der Waals surface area contributed by atoms with Crippen molar-refractivity contribution in [2.75, 3.05) is 7.05 Å². The van der Waals surface area contributed by atoms with Gasteiger partial charge in [0.2, 0.25) is 5.89 Å². The number of hydrogen-bond acceptors (Lipinski definition) is 5. The molecule has 0 radical (unpaired) electrons. The minimum absolute atomic E-state index is 0.713. The molecule has 0 fully saturated rings. The molecule has 6 heteroatoms. The molecule has 110 valence electrons. The normalized spacial score (nSPS) is 11.4. The van der Waals surface area contributed by atoms with E-state index in [-0.39, 0.29) is 0 Å². The van der Waals surface area contributed by atoms with Gasteiger partial charge in [0, 0.05) is 18.0 Å². The van der Waals surface area contributed by atoms with Crippen LogP contribution in [0, 0.1) is 6.92 Å². The molecule has 0 aromatic carbocycles. The van der Waals surface area contributed by atoms with Gasteiger partial charge >= 0.3 is 0 Å². The van der Waals surface area contributed by atoms with E-state index >= 15 is 0 Å². The van der Waals surface area contributed by atoms with Crippen LogP contribution in [0.3, 0.4) is 0 Å². The van der Waals surface area contributed by atoms with Crippen molar-refractivity contribution in [2.45, 2.75) is 20.0 Å². The summed E-state index contributed by atoms with van der Waals surface area (Å²) >= 11 is 9.22. The summed E-state index contributed by atoms with van der Waals surface area (Å²) in [5.74, 6) is 1.60. The maximum atomic E-state index is 5.96. The van der Waals surface area contributed by atoms with E-state index in [4.69, 9.17) is 16.0 Å². The van der Waals surface area contributed by atoms with E-state index in [1.807, 2.05) is 30.5 Å². The van der Waals surface area contributed by atoms with E-state index in [2.05, 4.69) is 23.0 Å². The summed E-state index contributed by atoms with van der Waals surface area (Å²) in [7, 11) is 2.08. The quantitative estimate of drug-likeness (QED) is 0.651. The molecule has 0 saturated carbocycles. The van der Waals surface area contributed by atoms with Gasteiger partial charge in [0.1, 0.15) is 5.76 Å². The van der Waals surface area contributed by atoms with Gasteiger partial charge in [-0.15, -0.1) is 22.7 Å². The molecule has 0 amide bonds. The van der Waals surface area contributed by atoms with Crippen molar-refractivity contribution < 1.29 is 4.42 Å². The smallest absolute Gasteiger partial charge is 0.236 e. The topological polar surface area (TPSA) is 29.3 Å². The third-order valence-electron chi connectivity index (χ3n) is 3.10. The molecule has 0 unspecified atom stereocenters. The monoisotopic (exact) mass is 338 g/mol. The first-order valence-corrected chi connectivity index (χ1v) is 8.62. The number of aromatic nitrogens is 1. The lowest BCUT2D eigenvalue weighted by atomic mass is 10.3. The first-order chi connectivity index (χ1) is 10.1. The van der Waals surface area contributed by atoms with Crippen LogP contribution in [0.5, 0.6) is 0 Å². The van der Waals surface area contributed by atoms with Gasteiger partial charge in [-0.3, -0.25) is 4.90 Å². The van der Waals surface area contributed by atoms with Crippen LogP contribution in [0.15, 0.2) is 34.1 Å². The number of hydrogen-bond donors (Lipinski definition) is 0. The first-order valence-electron chi connectivity index (χ1n) is 6.55. The second kappa shape index (κ2) is 6.32. The maximum absolute atomic E-state index is 5.96. The average Bonchev–Trinajstić information content (AvgIpc) is 3.13. The highest BCUT2D eigenvalue weighted by Crippen LogP contribution is 2.27. The average molecular weight is 339 g/mol. The molecule has 0 N–H and O–H groups in total. The highest BCUT2D eigenvalue weighted by Gasteiger charge is 2.14. The largest absolute Gasteiger partial charge is 0.440 e. The summed E-state index contributed by atoms with van der Waals surface area (Å²) < 4.78 is 6.60. The van der Waals surface area contributed by atoms with Crippen LogP contribution in [0.4, 0.5) is 0 Å². The van der Waals surface area contributed by atoms with E-state index in [1.54, 1.807) is 22.7 Å². The Hall–Kier alpha value is -1.14. The van der Waals surface area contributed by atoms with Gasteiger partial charge < -0.3 is 4.42 Å². The SMILES string of the molecule is Cc1oc(-c2cccs2)nc1CN(C)Cc1ccc(Cl)s1. The second-order valence-electron chi connectivity index (χ2n) is 4.88. The Morgan fingerprint density at radius 2 is 2.14 bits per heavy atom. The summed E-state index contributed by atoms with van der Waals surface area (Å²) in [6, 6.07) is 8.03. The first kappa shape index (κ1) is 14.8. The lowest BCUT2D eigenvalue weighted by Gasteiger charge is -2.13. The summed E-state index contributed by atoms with van der Waals surface area (Å²) in [5.41, 5.74) is 0.989. The minimum Gasteiger partial charge on any atom is -0.440 e. The summed E-state index contributed by atoms with van der Waals surface area (Å²) in [6.07, 6.45) is 0. The van der Waals surface area contributed by atoms with Crippen molar-refractivity contribution in [3.63, 3.8) is 0 Å². The van der Waals surface area contributed by atoms with Gasteiger partial charge in [0.25, 0.3) is 0 Å². The second-order valence-corrected chi connectivity index (χ2v) is 7.62. The Labute approximate surface area is 136 Å². The van der Waals surface area contributed by atoms with Gasteiger partial charge in [0.05, 0.1) is 14.9 Å². The van der Waals surface area contributed by atoms with Crippen LogP contribution in [-0.4, -0.2) is 16.9 Å². The van der Waals surface area contributed by atoms with E-state index < -0.39 is 0 Å². The fourth-order valence-electron chi connectivity index (χ4n) is 2.09. The Balaban J connectivity index is 1.70. The molecule has 3 rings (SSSR count). The van der Waals surface area contributed by atoms with Crippen LogP contribution in [0.2, 0.25) is 4.34 Å². The fourth-order valence-corrected chi connectivity index (χ4v) is 3.91. The molecule has 3 heterocycles. The van der Waals surface area contributed by atoms with Crippen molar-refractivity contribution in [3.05, 3.63) is 50.3 Å². The van der Waals surface area contributed by atoms with Crippen molar-refractivity contribution in [3.8, 4) is 10.8 Å².